The number of rotatable bonds is 3. The van der Waals surface area contributed by atoms with Gasteiger partial charge in [0, 0.05) is 32.1 Å². The summed E-state index contributed by atoms with van der Waals surface area (Å²) in [5, 5.41) is 0. The van der Waals surface area contributed by atoms with Gasteiger partial charge >= 0.3 is 0 Å². The number of hydrogen-bond acceptors (Lipinski definition) is 4. The molecule has 0 bridgehead atoms. The second-order valence-electron chi connectivity index (χ2n) is 7.75. The molecule has 0 unspecified atom stereocenters. The first-order valence-electron chi connectivity index (χ1n) is 9.57. The zero-order chi connectivity index (χ0) is 17.2. The summed E-state index contributed by atoms with van der Waals surface area (Å²) in [4.78, 5) is 19.8. The molecule has 0 radical (unpaired) electrons. The van der Waals surface area contributed by atoms with Gasteiger partial charge in [-0.15, -0.1) is 0 Å². The molecular weight excluding hydrogens is 314 g/mol. The van der Waals surface area contributed by atoms with Crippen LogP contribution in [0.3, 0.4) is 0 Å². The van der Waals surface area contributed by atoms with E-state index < -0.39 is 0 Å². The number of piperidine rings is 1. The van der Waals surface area contributed by atoms with E-state index in [0.29, 0.717) is 11.9 Å². The van der Waals surface area contributed by atoms with Crippen molar-refractivity contribution >= 4 is 5.91 Å². The predicted octanol–water partition coefficient (Wildman–Crippen LogP) is 1.44. The number of amides is 1. The lowest BCUT2D eigenvalue weighted by atomic mass is 9.96. The number of morpholine rings is 1. The van der Waals surface area contributed by atoms with Gasteiger partial charge in [0.2, 0.25) is 5.91 Å². The minimum atomic E-state index is 0.174. The number of nitrogens with zero attached hydrogens (tertiary/aromatic N) is 3. The number of hydrogen-bond donors (Lipinski definition) is 0. The van der Waals surface area contributed by atoms with Crippen LogP contribution < -0.4 is 0 Å². The minimum absolute atomic E-state index is 0.174. The molecule has 0 aromatic heterocycles. The highest BCUT2D eigenvalue weighted by atomic mass is 16.5. The summed E-state index contributed by atoms with van der Waals surface area (Å²) in [7, 11) is 2.14. The largest absolute Gasteiger partial charge is 0.373 e. The lowest BCUT2D eigenvalue weighted by Crippen LogP contribution is -2.50. The van der Waals surface area contributed by atoms with Gasteiger partial charge in [-0.3, -0.25) is 9.69 Å². The molecule has 4 rings (SSSR count). The maximum atomic E-state index is 12.9. The van der Waals surface area contributed by atoms with Gasteiger partial charge in [-0.1, -0.05) is 30.3 Å². The van der Waals surface area contributed by atoms with Crippen LogP contribution in [0.1, 0.15) is 18.4 Å². The third-order valence-electron chi connectivity index (χ3n) is 6.02. The number of carbonyl (C=O) groups excluding carboxylic acids is 1. The van der Waals surface area contributed by atoms with Crippen LogP contribution in [0, 0.1) is 5.92 Å². The van der Waals surface area contributed by atoms with Crippen molar-refractivity contribution in [1.82, 2.24) is 14.7 Å². The van der Waals surface area contributed by atoms with E-state index in [9.17, 15) is 4.79 Å². The summed E-state index contributed by atoms with van der Waals surface area (Å²) in [5.74, 6) is 0.560. The molecule has 3 saturated heterocycles. The van der Waals surface area contributed by atoms with E-state index in [1.54, 1.807) is 0 Å². The van der Waals surface area contributed by atoms with Crippen LogP contribution in [0.2, 0.25) is 0 Å². The Kier molecular flexibility index (Phi) is 5.06. The lowest BCUT2D eigenvalue weighted by molar-refractivity contribution is -0.136. The summed E-state index contributed by atoms with van der Waals surface area (Å²) < 4.78 is 6.01. The first-order chi connectivity index (χ1) is 12.2. The average molecular weight is 343 g/mol. The zero-order valence-corrected chi connectivity index (χ0v) is 15.1. The first-order valence-corrected chi connectivity index (χ1v) is 9.57. The van der Waals surface area contributed by atoms with Gasteiger partial charge in [0.25, 0.3) is 0 Å². The van der Waals surface area contributed by atoms with Crippen molar-refractivity contribution in [2.75, 3.05) is 46.4 Å². The highest BCUT2D eigenvalue weighted by Gasteiger charge is 2.43. The molecule has 3 aliphatic heterocycles. The molecule has 0 N–H and O–H groups in total. The smallest absolute Gasteiger partial charge is 0.225 e. The number of carbonyl (C=O) groups is 1. The molecule has 5 nitrogen and oxygen atoms in total. The van der Waals surface area contributed by atoms with Gasteiger partial charge < -0.3 is 14.5 Å². The highest BCUT2D eigenvalue weighted by molar-refractivity contribution is 5.79. The van der Waals surface area contributed by atoms with Gasteiger partial charge in [0.15, 0.2) is 0 Å². The Hall–Kier alpha value is -1.43. The van der Waals surface area contributed by atoms with Gasteiger partial charge in [0.05, 0.1) is 18.8 Å². The summed E-state index contributed by atoms with van der Waals surface area (Å²) in [5.41, 5.74) is 1.34. The van der Waals surface area contributed by atoms with E-state index >= 15 is 0 Å². The van der Waals surface area contributed by atoms with E-state index in [-0.39, 0.29) is 12.0 Å². The van der Waals surface area contributed by atoms with Crippen LogP contribution in [-0.2, 0) is 16.1 Å². The minimum Gasteiger partial charge on any atom is -0.373 e. The van der Waals surface area contributed by atoms with Crippen molar-refractivity contribution in [2.45, 2.75) is 31.5 Å². The molecule has 0 saturated carbocycles. The quantitative estimate of drug-likeness (QED) is 0.832. The van der Waals surface area contributed by atoms with Crippen molar-refractivity contribution in [3.8, 4) is 0 Å². The maximum absolute atomic E-state index is 12.9. The van der Waals surface area contributed by atoms with Crippen molar-refractivity contribution in [2.24, 2.45) is 5.92 Å². The number of fused-ring (bicyclic) bond motifs is 1. The Bertz CT molecular complexity index is 586. The van der Waals surface area contributed by atoms with Crippen molar-refractivity contribution in [1.29, 1.82) is 0 Å². The monoisotopic (exact) mass is 343 g/mol. The van der Waals surface area contributed by atoms with E-state index in [0.717, 1.165) is 58.7 Å². The van der Waals surface area contributed by atoms with Gasteiger partial charge in [-0.2, -0.15) is 0 Å². The SMILES string of the molecule is CN1CCC(C(=O)N2C[C@@H]3[C@@H](C2)OCCN3Cc2ccccc2)CC1. The fourth-order valence-corrected chi connectivity index (χ4v) is 4.47. The van der Waals surface area contributed by atoms with Crippen LogP contribution in [0.4, 0.5) is 0 Å². The van der Waals surface area contributed by atoms with Crippen LogP contribution in [0.5, 0.6) is 0 Å². The summed E-state index contributed by atoms with van der Waals surface area (Å²) in [6.07, 6.45) is 2.17. The Morgan fingerprint density at radius 3 is 2.64 bits per heavy atom. The zero-order valence-electron chi connectivity index (χ0n) is 15.1. The molecule has 3 heterocycles. The second-order valence-corrected chi connectivity index (χ2v) is 7.75. The third-order valence-corrected chi connectivity index (χ3v) is 6.02. The Labute approximate surface area is 150 Å². The molecule has 25 heavy (non-hydrogen) atoms. The molecule has 0 aliphatic carbocycles. The molecule has 0 spiro atoms. The standard InChI is InChI=1S/C20H29N3O2/c1-21-9-7-17(8-10-21)20(24)23-14-18-19(15-23)25-12-11-22(18)13-16-5-3-2-4-6-16/h2-6,17-19H,7-15H2,1H3/t18-,19-/m1/s1. The summed E-state index contributed by atoms with van der Waals surface area (Å²) in [6.45, 7) is 6.32. The molecule has 3 aliphatic rings. The molecular formula is C20H29N3O2. The topological polar surface area (TPSA) is 36.0 Å². The van der Waals surface area contributed by atoms with Crippen LogP contribution >= 0.6 is 0 Å². The molecule has 1 aromatic carbocycles. The molecule has 1 amide bonds. The van der Waals surface area contributed by atoms with Crippen molar-refractivity contribution in [3.05, 3.63) is 35.9 Å². The molecule has 136 valence electrons. The summed E-state index contributed by atoms with van der Waals surface area (Å²) in [6, 6.07) is 10.9. The van der Waals surface area contributed by atoms with Gasteiger partial charge in [-0.25, -0.2) is 0 Å². The molecule has 5 heteroatoms. The maximum Gasteiger partial charge on any atom is 0.225 e. The fourth-order valence-electron chi connectivity index (χ4n) is 4.47. The van der Waals surface area contributed by atoms with Crippen LogP contribution in [0.15, 0.2) is 30.3 Å². The lowest BCUT2D eigenvalue weighted by Gasteiger charge is -2.36. The van der Waals surface area contributed by atoms with Crippen molar-refractivity contribution < 1.29 is 9.53 Å². The fraction of sp³-hybridized carbons (Fsp3) is 0.650. The van der Waals surface area contributed by atoms with E-state index in [4.69, 9.17) is 4.74 Å². The molecule has 1 aromatic rings. The molecule has 3 fully saturated rings. The van der Waals surface area contributed by atoms with Crippen molar-refractivity contribution in [3.63, 3.8) is 0 Å². The Morgan fingerprint density at radius 2 is 1.88 bits per heavy atom. The third kappa shape index (κ3) is 3.73. The van der Waals surface area contributed by atoms with Gasteiger partial charge in [0.1, 0.15) is 0 Å². The first kappa shape index (κ1) is 17.0. The van der Waals surface area contributed by atoms with Gasteiger partial charge in [-0.05, 0) is 38.5 Å². The normalized spacial score (nSPS) is 28.9. The van der Waals surface area contributed by atoms with E-state index in [2.05, 4.69) is 52.1 Å². The second kappa shape index (κ2) is 7.44. The predicted molar refractivity (Wildman–Crippen MR) is 97.2 cm³/mol. The van der Waals surface area contributed by atoms with Crippen LogP contribution in [0.25, 0.3) is 0 Å². The Morgan fingerprint density at radius 1 is 1.12 bits per heavy atom. The average Bonchev–Trinajstić information content (AvgIpc) is 3.08. The molecule has 2 atom stereocenters. The number of likely N-dealkylation sites (tertiary alicyclic amines) is 2. The number of benzene rings is 1. The summed E-state index contributed by atoms with van der Waals surface area (Å²) >= 11 is 0. The van der Waals surface area contributed by atoms with Crippen LogP contribution in [-0.4, -0.2) is 79.1 Å². The Balaban J connectivity index is 1.39. The highest BCUT2D eigenvalue weighted by Crippen LogP contribution is 2.27. The van der Waals surface area contributed by atoms with E-state index in [1.165, 1.54) is 5.56 Å². The van der Waals surface area contributed by atoms with E-state index in [1.807, 2.05) is 0 Å². The number of ether oxygens (including phenoxy) is 1.